The van der Waals surface area contributed by atoms with Gasteiger partial charge in [-0.25, -0.2) is 9.97 Å². The van der Waals surface area contributed by atoms with Crippen molar-refractivity contribution in [2.75, 3.05) is 32.4 Å². The van der Waals surface area contributed by atoms with Gasteiger partial charge in [-0.2, -0.15) is 0 Å². The average Bonchev–Trinajstić information content (AvgIpc) is 3.29. The molecule has 1 aromatic carbocycles. The van der Waals surface area contributed by atoms with Gasteiger partial charge in [0.25, 0.3) is 5.91 Å². The van der Waals surface area contributed by atoms with E-state index in [-0.39, 0.29) is 5.91 Å². The van der Waals surface area contributed by atoms with E-state index >= 15 is 0 Å². The summed E-state index contributed by atoms with van der Waals surface area (Å²) in [5.74, 6) is 0.745. The predicted molar refractivity (Wildman–Crippen MR) is 119 cm³/mol. The van der Waals surface area contributed by atoms with Crippen LogP contribution in [-0.4, -0.2) is 58.1 Å². The first-order valence-electron chi connectivity index (χ1n) is 9.68. The number of hydrogen-bond donors (Lipinski definition) is 0. The Morgan fingerprint density at radius 2 is 1.83 bits per heavy atom. The predicted octanol–water partition coefficient (Wildman–Crippen LogP) is 4.19. The fourth-order valence-corrected chi connectivity index (χ4v) is 4.84. The Hall–Kier alpha value is -2.22. The molecule has 7 heteroatoms. The standard InChI is InChI=1S/C22H24N4OS2/c1-16-19(21(28-2)24-20(23-16)18-9-6-14-29-18)22(27)26-12-10-25(11-13-26)15-17-7-4-3-5-8-17/h3-9,14H,10-13,15H2,1-2H3. The number of hydrogen-bond acceptors (Lipinski definition) is 6. The molecule has 1 fully saturated rings. The summed E-state index contributed by atoms with van der Waals surface area (Å²) in [6, 6.07) is 14.5. The number of rotatable bonds is 5. The Labute approximate surface area is 179 Å². The minimum atomic E-state index is 0.0453. The lowest BCUT2D eigenvalue weighted by Crippen LogP contribution is -2.48. The van der Waals surface area contributed by atoms with E-state index in [1.54, 1.807) is 11.3 Å². The third-order valence-electron chi connectivity index (χ3n) is 5.11. The molecule has 0 aliphatic carbocycles. The van der Waals surface area contributed by atoms with Gasteiger partial charge in [0.05, 0.1) is 16.1 Å². The molecule has 5 nitrogen and oxygen atoms in total. The first-order chi connectivity index (χ1) is 14.2. The van der Waals surface area contributed by atoms with Crippen LogP contribution in [0.3, 0.4) is 0 Å². The van der Waals surface area contributed by atoms with Crippen molar-refractivity contribution < 1.29 is 4.79 Å². The summed E-state index contributed by atoms with van der Waals surface area (Å²) in [6.45, 7) is 6.05. The lowest BCUT2D eigenvalue weighted by atomic mass is 10.1. The molecule has 150 valence electrons. The average molecular weight is 425 g/mol. The summed E-state index contributed by atoms with van der Waals surface area (Å²) in [7, 11) is 0. The molecule has 1 aliphatic rings. The van der Waals surface area contributed by atoms with E-state index in [0.29, 0.717) is 11.4 Å². The molecule has 29 heavy (non-hydrogen) atoms. The van der Waals surface area contributed by atoms with Crippen LogP contribution in [-0.2, 0) is 6.54 Å². The van der Waals surface area contributed by atoms with Crippen molar-refractivity contribution in [2.24, 2.45) is 0 Å². The minimum Gasteiger partial charge on any atom is -0.336 e. The smallest absolute Gasteiger partial charge is 0.258 e. The number of benzene rings is 1. The molecule has 3 aromatic rings. The van der Waals surface area contributed by atoms with E-state index in [2.05, 4.69) is 39.1 Å². The molecule has 0 unspecified atom stereocenters. The summed E-state index contributed by atoms with van der Waals surface area (Å²) in [5.41, 5.74) is 2.71. The molecule has 0 N–H and O–H groups in total. The van der Waals surface area contributed by atoms with Crippen molar-refractivity contribution >= 4 is 29.0 Å². The van der Waals surface area contributed by atoms with Crippen molar-refractivity contribution in [1.29, 1.82) is 0 Å². The van der Waals surface area contributed by atoms with Crippen LogP contribution in [0.15, 0.2) is 52.9 Å². The second-order valence-corrected chi connectivity index (χ2v) is 8.79. The van der Waals surface area contributed by atoms with E-state index in [1.165, 1.54) is 17.3 Å². The SMILES string of the molecule is CSc1nc(-c2cccs2)nc(C)c1C(=O)N1CCN(Cc2ccccc2)CC1. The van der Waals surface area contributed by atoms with E-state index < -0.39 is 0 Å². The molecule has 1 aliphatic heterocycles. The lowest BCUT2D eigenvalue weighted by molar-refractivity contribution is 0.0623. The van der Waals surface area contributed by atoms with E-state index in [0.717, 1.165) is 48.3 Å². The van der Waals surface area contributed by atoms with Gasteiger partial charge >= 0.3 is 0 Å². The number of aromatic nitrogens is 2. The van der Waals surface area contributed by atoms with Crippen LogP contribution >= 0.6 is 23.1 Å². The van der Waals surface area contributed by atoms with E-state index in [4.69, 9.17) is 0 Å². The summed E-state index contributed by atoms with van der Waals surface area (Å²) in [6.07, 6.45) is 1.97. The van der Waals surface area contributed by atoms with Gasteiger partial charge in [0.1, 0.15) is 5.03 Å². The van der Waals surface area contributed by atoms with Crippen molar-refractivity contribution in [1.82, 2.24) is 19.8 Å². The Bertz CT molecular complexity index is 968. The molecule has 4 rings (SSSR count). The van der Waals surface area contributed by atoms with Gasteiger partial charge in [-0.15, -0.1) is 23.1 Å². The highest BCUT2D eigenvalue weighted by Crippen LogP contribution is 2.28. The molecule has 0 bridgehead atoms. The van der Waals surface area contributed by atoms with Crippen LogP contribution in [0.25, 0.3) is 10.7 Å². The topological polar surface area (TPSA) is 49.3 Å². The summed E-state index contributed by atoms with van der Waals surface area (Å²) >= 11 is 3.12. The number of thiophene rings is 1. The Morgan fingerprint density at radius 1 is 1.07 bits per heavy atom. The summed E-state index contributed by atoms with van der Waals surface area (Å²) in [4.78, 5) is 28.0. The second kappa shape index (κ2) is 9.07. The number of amides is 1. The molecule has 3 heterocycles. The van der Waals surface area contributed by atoms with E-state index in [1.807, 2.05) is 41.7 Å². The van der Waals surface area contributed by atoms with Gasteiger partial charge in [-0.3, -0.25) is 9.69 Å². The molecule has 2 aromatic heterocycles. The summed E-state index contributed by atoms with van der Waals surface area (Å²) in [5, 5.41) is 2.78. The molecule has 1 amide bonds. The van der Waals surface area contributed by atoms with Gasteiger partial charge in [0.15, 0.2) is 5.82 Å². The third kappa shape index (κ3) is 4.52. The number of piperazine rings is 1. The first kappa shape index (κ1) is 20.1. The molecule has 0 radical (unpaired) electrons. The molecule has 0 atom stereocenters. The fourth-order valence-electron chi connectivity index (χ4n) is 3.57. The van der Waals surface area contributed by atoms with E-state index in [9.17, 15) is 4.79 Å². The van der Waals surface area contributed by atoms with Crippen LogP contribution in [0.2, 0.25) is 0 Å². The van der Waals surface area contributed by atoms with Crippen LogP contribution in [0.1, 0.15) is 21.6 Å². The Morgan fingerprint density at radius 3 is 2.48 bits per heavy atom. The summed E-state index contributed by atoms with van der Waals surface area (Å²) < 4.78 is 0. The Balaban J connectivity index is 1.47. The fraction of sp³-hybridized carbons (Fsp3) is 0.318. The molecule has 0 spiro atoms. The molecule has 0 saturated carbocycles. The maximum atomic E-state index is 13.3. The first-order valence-corrected chi connectivity index (χ1v) is 11.8. The highest BCUT2D eigenvalue weighted by Gasteiger charge is 2.27. The number of thioether (sulfide) groups is 1. The minimum absolute atomic E-state index is 0.0453. The highest BCUT2D eigenvalue weighted by atomic mass is 32.2. The normalized spacial score (nSPS) is 14.9. The van der Waals surface area contributed by atoms with Crippen molar-refractivity contribution in [3.05, 3.63) is 64.7 Å². The van der Waals surface area contributed by atoms with Crippen LogP contribution in [0.4, 0.5) is 0 Å². The van der Waals surface area contributed by atoms with Crippen molar-refractivity contribution in [3.63, 3.8) is 0 Å². The maximum Gasteiger partial charge on any atom is 0.258 e. The zero-order valence-corrected chi connectivity index (χ0v) is 18.3. The van der Waals surface area contributed by atoms with Crippen LogP contribution in [0.5, 0.6) is 0 Å². The number of nitrogens with zero attached hydrogens (tertiary/aromatic N) is 4. The zero-order valence-electron chi connectivity index (χ0n) is 16.7. The Kier molecular flexibility index (Phi) is 6.28. The van der Waals surface area contributed by atoms with Gasteiger partial charge in [0, 0.05) is 32.7 Å². The van der Waals surface area contributed by atoms with Gasteiger partial charge in [-0.05, 0) is 30.2 Å². The number of aryl methyl sites for hydroxylation is 1. The monoisotopic (exact) mass is 424 g/mol. The van der Waals surface area contributed by atoms with Crippen LogP contribution in [0, 0.1) is 6.92 Å². The maximum absolute atomic E-state index is 13.3. The zero-order chi connectivity index (χ0) is 20.2. The van der Waals surface area contributed by atoms with Crippen LogP contribution < -0.4 is 0 Å². The van der Waals surface area contributed by atoms with Gasteiger partial charge < -0.3 is 4.90 Å². The molecule has 1 saturated heterocycles. The van der Waals surface area contributed by atoms with Crippen molar-refractivity contribution in [3.8, 4) is 10.7 Å². The van der Waals surface area contributed by atoms with Crippen molar-refractivity contribution in [2.45, 2.75) is 18.5 Å². The highest BCUT2D eigenvalue weighted by molar-refractivity contribution is 7.98. The third-order valence-corrected chi connectivity index (χ3v) is 6.66. The number of carbonyl (C=O) groups is 1. The largest absolute Gasteiger partial charge is 0.336 e. The van der Waals surface area contributed by atoms with Gasteiger partial charge in [0.2, 0.25) is 0 Å². The lowest BCUT2D eigenvalue weighted by Gasteiger charge is -2.35. The molecular weight excluding hydrogens is 400 g/mol. The number of carbonyl (C=O) groups excluding carboxylic acids is 1. The molecular formula is C22H24N4OS2. The quantitative estimate of drug-likeness (QED) is 0.454. The second-order valence-electron chi connectivity index (χ2n) is 7.05. The van der Waals surface area contributed by atoms with Gasteiger partial charge in [-0.1, -0.05) is 36.4 Å².